The molecule has 5 atom stereocenters. The number of rotatable bonds is 1. The van der Waals surface area contributed by atoms with Crippen molar-refractivity contribution in [1.29, 1.82) is 0 Å². The molecule has 0 aromatic carbocycles. The zero-order valence-electron chi connectivity index (χ0n) is 26.7. The van der Waals surface area contributed by atoms with E-state index in [9.17, 15) is 19.2 Å². The number of nitrogens with zero attached hydrogens (tertiary/aromatic N) is 2. The highest BCUT2D eigenvalue weighted by Crippen LogP contribution is 2.19. The third-order valence-electron chi connectivity index (χ3n) is 8.15. The number of cyclic esters (lactones) is 1. The number of amides is 3. The molecule has 11 heteroatoms. The third-order valence-corrected chi connectivity index (χ3v) is 8.15. The van der Waals surface area contributed by atoms with Gasteiger partial charge in [-0.25, -0.2) is 10.4 Å². The number of allylic oxidation sites excluding steroid dienone is 1. The van der Waals surface area contributed by atoms with Gasteiger partial charge in [-0.3, -0.25) is 24.2 Å². The number of hydrogen-bond donors (Lipinski definition) is 3. The number of hydrogen-bond acceptors (Lipinski definition) is 8. The van der Waals surface area contributed by atoms with Gasteiger partial charge < -0.3 is 20.1 Å². The van der Waals surface area contributed by atoms with E-state index in [0.717, 1.165) is 17.0 Å². The van der Waals surface area contributed by atoms with Crippen LogP contribution in [0.4, 0.5) is 0 Å². The van der Waals surface area contributed by atoms with Gasteiger partial charge in [0.25, 0.3) is 5.91 Å². The maximum atomic E-state index is 13.3. The summed E-state index contributed by atoms with van der Waals surface area (Å²) in [5, 5.41) is 8.83. The van der Waals surface area contributed by atoms with E-state index >= 15 is 0 Å². The molecule has 3 N–H and O–H groups in total. The van der Waals surface area contributed by atoms with Gasteiger partial charge in [0.1, 0.15) is 24.2 Å². The van der Waals surface area contributed by atoms with E-state index in [-0.39, 0.29) is 30.1 Å². The first-order valence-corrected chi connectivity index (χ1v) is 15.7. The fraction of sp³-hybridized carbons (Fsp3) is 0.606. The van der Waals surface area contributed by atoms with Crippen molar-refractivity contribution in [3.8, 4) is 0 Å². The summed E-state index contributed by atoms with van der Waals surface area (Å²) in [6, 6.07) is 1.44. The Kier molecular flexibility index (Phi) is 11.0. The molecule has 3 aliphatic rings. The Morgan fingerprint density at radius 2 is 1.86 bits per heavy atom. The summed E-state index contributed by atoms with van der Waals surface area (Å²) in [7, 11) is 0. The quantitative estimate of drug-likeness (QED) is 0.322. The minimum absolute atomic E-state index is 0.0749. The van der Waals surface area contributed by atoms with E-state index < -0.39 is 41.7 Å². The normalized spacial score (nSPS) is 29.7. The minimum atomic E-state index is -0.888. The number of ether oxygens (including phenoxy) is 2. The Balaban J connectivity index is 1.56. The number of nitrogens with one attached hydrogen (secondary N) is 3. The van der Waals surface area contributed by atoms with Gasteiger partial charge in [0.15, 0.2) is 0 Å². The van der Waals surface area contributed by atoms with E-state index in [1.165, 1.54) is 5.01 Å². The molecule has 1 aromatic rings. The lowest BCUT2D eigenvalue weighted by Crippen LogP contribution is -2.61. The molecule has 0 spiro atoms. The molecule has 3 amide bonds. The Hall–Kier alpha value is -3.57. The summed E-state index contributed by atoms with van der Waals surface area (Å²) < 4.78 is 11.8. The van der Waals surface area contributed by atoms with E-state index in [1.54, 1.807) is 13.8 Å². The molecule has 1 aliphatic carbocycles. The molecule has 5 bridgehead atoms. The van der Waals surface area contributed by atoms with Gasteiger partial charge in [0.2, 0.25) is 11.8 Å². The average molecular weight is 610 g/mol. The first-order valence-electron chi connectivity index (χ1n) is 15.7. The lowest BCUT2D eigenvalue weighted by atomic mass is 9.98. The highest BCUT2D eigenvalue weighted by Gasteiger charge is 2.34. The Morgan fingerprint density at radius 1 is 1.09 bits per heavy atom. The van der Waals surface area contributed by atoms with Gasteiger partial charge in [-0.15, -0.1) is 0 Å². The van der Waals surface area contributed by atoms with Gasteiger partial charge in [-0.05, 0) is 70.6 Å². The number of esters is 1. The average Bonchev–Trinajstić information content (AvgIpc) is 2.97. The number of aromatic nitrogens is 1. The van der Waals surface area contributed by atoms with Crippen molar-refractivity contribution >= 4 is 35.8 Å². The molecule has 2 aliphatic heterocycles. The molecule has 0 saturated carbocycles. The van der Waals surface area contributed by atoms with Gasteiger partial charge in [-0.1, -0.05) is 44.2 Å². The van der Waals surface area contributed by atoms with Gasteiger partial charge >= 0.3 is 5.97 Å². The Bertz CT molecular complexity index is 1390. The summed E-state index contributed by atoms with van der Waals surface area (Å²) in [5.41, 5.74) is 2.91. The number of carbonyl (C=O) groups is 4. The fourth-order valence-electron chi connectivity index (χ4n) is 5.60. The van der Waals surface area contributed by atoms with E-state index in [1.807, 2.05) is 39.8 Å². The van der Waals surface area contributed by atoms with Crippen LogP contribution in [0.1, 0.15) is 85.4 Å². The van der Waals surface area contributed by atoms with Crippen molar-refractivity contribution in [2.75, 3.05) is 13.2 Å². The second kappa shape index (κ2) is 14.5. The van der Waals surface area contributed by atoms with Crippen molar-refractivity contribution in [1.82, 2.24) is 26.1 Å². The molecule has 44 heavy (non-hydrogen) atoms. The van der Waals surface area contributed by atoms with Crippen LogP contribution in [0.3, 0.4) is 0 Å². The maximum Gasteiger partial charge on any atom is 0.325 e. The fourth-order valence-corrected chi connectivity index (χ4v) is 5.60. The van der Waals surface area contributed by atoms with Crippen molar-refractivity contribution in [2.24, 2.45) is 11.8 Å². The van der Waals surface area contributed by atoms with Crippen molar-refractivity contribution in [2.45, 2.75) is 103 Å². The first-order chi connectivity index (χ1) is 20.8. The SMILES string of the molecule is CC(C)[C@@H]1NC(=O)CC(C)(C)OCC/C=C/C2C=c3nc(ccc3=CC2)[C@@H](C)OC(=O)[C@@H]2CCCN(N2)C(=O)[C@H](C)NC1=O. The molecule has 4 rings (SSSR count). The zero-order valence-corrected chi connectivity index (χ0v) is 26.7. The molecule has 1 saturated heterocycles. The predicted octanol–water partition coefficient (Wildman–Crippen LogP) is 1.55. The molecule has 1 aromatic heterocycles. The molecule has 3 heterocycles. The highest BCUT2D eigenvalue weighted by atomic mass is 16.5. The summed E-state index contributed by atoms with van der Waals surface area (Å²) in [6.45, 7) is 11.6. The van der Waals surface area contributed by atoms with Crippen molar-refractivity contribution in [3.05, 3.63) is 40.5 Å². The van der Waals surface area contributed by atoms with Crippen LogP contribution in [0.15, 0.2) is 24.3 Å². The Morgan fingerprint density at radius 3 is 2.61 bits per heavy atom. The third kappa shape index (κ3) is 8.75. The van der Waals surface area contributed by atoms with Crippen LogP contribution < -0.4 is 26.6 Å². The molecular weight excluding hydrogens is 562 g/mol. The number of pyridine rings is 1. The predicted molar refractivity (Wildman–Crippen MR) is 166 cm³/mol. The van der Waals surface area contributed by atoms with Gasteiger partial charge in [-0.2, -0.15) is 0 Å². The minimum Gasteiger partial charge on any atom is -0.455 e. The maximum absolute atomic E-state index is 13.3. The largest absolute Gasteiger partial charge is 0.455 e. The molecule has 1 unspecified atom stereocenters. The number of fused-ring (bicyclic) bond motifs is 4. The summed E-state index contributed by atoms with van der Waals surface area (Å²) in [5.74, 6) is -1.66. The van der Waals surface area contributed by atoms with Gasteiger partial charge in [0, 0.05) is 12.5 Å². The summed E-state index contributed by atoms with van der Waals surface area (Å²) in [6.07, 6.45) is 10.6. The second-order valence-electron chi connectivity index (χ2n) is 12.9. The first kappa shape index (κ1) is 33.3. The summed E-state index contributed by atoms with van der Waals surface area (Å²) in [4.78, 5) is 57.4. The zero-order chi connectivity index (χ0) is 32.0. The number of carbonyl (C=O) groups excluding carboxylic acids is 4. The number of hydrazine groups is 1. The van der Waals surface area contributed by atoms with E-state index in [4.69, 9.17) is 14.5 Å². The standard InChI is InChI=1S/C33H47N5O6/c1-20(2)29-30(40)34-21(3)31(41)38-16-9-11-26(37-38)32(42)44-22(4)25-15-14-24-13-12-23(18-27(24)35-25)10-7-8-17-43-33(5,6)19-28(39)36-29/h7,10,13-15,18,20-23,26,29,37H,8-9,11-12,16-17,19H2,1-6H3,(H,34,40)(H,36,39)/b10-7+/t21-,22+,23?,26-,29-/m0/s1. The van der Waals surface area contributed by atoms with E-state index in [2.05, 4.69) is 40.4 Å². The van der Waals surface area contributed by atoms with Crippen LogP contribution in [-0.2, 0) is 28.7 Å². The van der Waals surface area contributed by atoms with Crippen LogP contribution in [-0.4, -0.2) is 70.6 Å². The second-order valence-corrected chi connectivity index (χ2v) is 12.9. The van der Waals surface area contributed by atoms with Crippen LogP contribution in [0.2, 0.25) is 0 Å². The Labute approximate surface area is 259 Å². The lowest BCUT2D eigenvalue weighted by molar-refractivity contribution is -0.157. The topological polar surface area (TPSA) is 139 Å². The lowest BCUT2D eigenvalue weighted by Gasteiger charge is -2.35. The molecule has 240 valence electrons. The molecule has 11 nitrogen and oxygen atoms in total. The van der Waals surface area contributed by atoms with Crippen LogP contribution >= 0.6 is 0 Å². The van der Waals surface area contributed by atoms with Gasteiger partial charge in [0.05, 0.1) is 29.7 Å². The van der Waals surface area contributed by atoms with Crippen molar-refractivity contribution in [3.63, 3.8) is 0 Å². The van der Waals surface area contributed by atoms with Crippen LogP contribution in [0.5, 0.6) is 0 Å². The monoisotopic (exact) mass is 609 g/mol. The van der Waals surface area contributed by atoms with Crippen LogP contribution in [0, 0.1) is 11.8 Å². The molecule has 1 fully saturated rings. The van der Waals surface area contributed by atoms with Crippen LogP contribution in [0.25, 0.3) is 12.2 Å². The van der Waals surface area contributed by atoms with E-state index in [0.29, 0.717) is 38.1 Å². The van der Waals surface area contributed by atoms with Crippen molar-refractivity contribution < 1.29 is 28.7 Å². The smallest absolute Gasteiger partial charge is 0.325 e. The molecule has 0 radical (unpaired) electrons. The summed E-state index contributed by atoms with van der Waals surface area (Å²) >= 11 is 0. The highest BCUT2D eigenvalue weighted by molar-refractivity contribution is 5.92. The molecular formula is C33H47N5O6.